The smallest absolute Gasteiger partial charge is 0.229 e. The highest BCUT2D eigenvalue weighted by Gasteiger charge is 2.74. The van der Waals surface area contributed by atoms with Crippen molar-refractivity contribution < 1.29 is 9.53 Å². The largest absolute Gasteiger partial charge is 0.354 e. The zero-order valence-electron chi connectivity index (χ0n) is 9.20. The first-order valence-corrected chi connectivity index (χ1v) is 5.38. The number of hydrogen-bond acceptors (Lipinski definition) is 2. The van der Waals surface area contributed by atoms with Crippen LogP contribution in [0.25, 0.3) is 0 Å². The third kappa shape index (κ3) is 0.691. The van der Waals surface area contributed by atoms with Gasteiger partial charge in [-0.05, 0) is 32.6 Å². The third-order valence-corrected chi connectivity index (χ3v) is 4.37. The third-order valence-electron chi connectivity index (χ3n) is 4.37. The molecule has 14 heavy (non-hydrogen) atoms. The maximum atomic E-state index is 12.1. The summed E-state index contributed by atoms with van der Waals surface area (Å²) in [5.41, 5.74) is -0.413. The van der Waals surface area contributed by atoms with Gasteiger partial charge in [0.25, 0.3) is 0 Å². The van der Waals surface area contributed by atoms with Crippen LogP contribution in [0.2, 0.25) is 0 Å². The number of piperidine rings is 1. The van der Waals surface area contributed by atoms with Crippen molar-refractivity contribution in [1.29, 1.82) is 0 Å². The van der Waals surface area contributed by atoms with Crippen LogP contribution in [0.15, 0.2) is 0 Å². The quantitative estimate of drug-likeness (QED) is 0.582. The van der Waals surface area contributed by atoms with Crippen molar-refractivity contribution in [3.8, 4) is 0 Å². The lowest BCUT2D eigenvalue weighted by Crippen LogP contribution is -2.52. The van der Waals surface area contributed by atoms with Gasteiger partial charge in [-0.25, -0.2) is 0 Å². The zero-order chi connectivity index (χ0) is 10.3. The predicted octanol–water partition coefficient (Wildman–Crippen LogP) is 1.24. The lowest BCUT2D eigenvalue weighted by Gasteiger charge is -2.37. The highest BCUT2D eigenvalue weighted by molar-refractivity contribution is 5.88. The van der Waals surface area contributed by atoms with Crippen LogP contribution >= 0.6 is 0 Å². The first-order valence-electron chi connectivity index (χ1n) is 5.38. The molecule has 0 bridgehead atoms. The van der Waals surface area contributed by atoms with E-state index in [2.05, 4.69) is 13.8 Å². The van der Waals surface area contributed by atoms with E-state index in [1.165, 1.54) is 0 Å². The summed E-state index contributed by atoms with van der Waals surface area (Å²) in [5, 5.41) is 0. The number of ether oxygens (including phenoxy) is 1. The Bertz CT molecular complexity index is 325. The van der Waals surface area contributed by atoms with Gasteiger partial charge in [0.1, 0.15) is 5.72 Å². The summed E-state index contributed by atoms with van der Waals surface area (Å²) in [5.74, 6) is 1.72. The van der Waals surface area contributed by atoms with Crippen LogP contribution in [0.3, 0.4) is 0 Å². The topological polar surface area (TPSA) is 29.5 Å². The zero-order valence-corrected chi connectivity index (χ0v) is 9.20. The van der Waals surface area contributed by atoms with Gasteiger partial charge in [0.2, 0.25) is 5.91 Å². The molecule has 1 amide bonds. The lowest BCUT2D eigenvalue weighted by atomic mass is 9.95. The molecule has 0 aromatic heterocycles. The van der Waals surface area contributed by atoms with Crippen LogP contribution in [0.4, 0.5) is 0 Å². The molecule has 3 aliphatic rings. The monoisotopic (exact) mass is 195 g/mol. The van der Waals surface area contributed by atoms with E-state index in [9.17, 15) is 4.79 Å². The SMILES string of the molecule is C[C@@H]1[C@H]2C(=O)N3C(C)(C)OC[C@]3(C)[C@@H]12. The highest BCUT2D eigenvalue weighted by atomic mass is 16.5. The van der Waals surface area contributed by atoms with Crippen LogP contribution in [-0.2, 0) is 9.53 Å². The Morgan fingerprint density at radius 2 is 2.07 bits per heavy atom. The average Bonchev–Trinajstić information content (AvgIpc) is 2.57. The summed E-state index contributed by atoms with van der Waals surface area (Å²) in [6.45, 7) is 9.05. The lowest BCUT2D eigenvalue weighted by molar-refractivity contribution is -0.147. The molecule has 0 spiro atoms. The molecule has 0 radical (unpaired) electrons. The van der Waals surface area contributed by atoms with Crippen LogP contribution in [0.1, 0.15) is 27.7 Å². The molecule has 2 aliphatic heterocycles. The van der Waals surface area contributed by atoms with Gasteiger partial charge in [-0.1, -0.05) is 6.92 Å². The van der Waals surface area contributed by atoms with Crippen LogP contribution in [0.5, 0.6) is 0 Å². The average molecular weight is 195 g/mol. The van der Waals surface area contributed by atoms with Gasteiger partial charge in [0.05, 0.1) is 12.1 Å². The van der Waals surface area contributed by atoms with Gasteiger partial charge in [0, 0.05) is 5.92 Å². The Kier molecular flexibility index (Phi) is 1.25. The second-order valence-corrected chi connectivity index (χ2v) is 5.68. The molecule has 1 saturated carbocycles. The molecule has 4 atom stereocenters. The van der Waals surface area contributed by atoms with Gasteiger partial charge in [-0.3, -0.25) is 4.79 Å². The van der Waals surface area contributed by atoms with Crippen LogP contribution < -0.4 is 0 Å². The van der Waals surface area contributed by atoms with E-state index in [0.29, 0.717) is 30.3 Å². The van der Waals surface area contributed by atoms with E-state index >= 15 is 0 Å². The first kappa shape index (κ1) is 8.72. The molecule has 0 unspecified atom stereocenters. The maximum Gasteiger partial charge on any atom is 0.229 e. The molecular weight excluding hydrogens is 178 g/mol. The second kappa shape index (κ2) is 2.01. The number of carbonyl (C=O) groups excluding carboxylic acids is 1. The van der Waals surface area contributed by atoms with Crippen molar-refractivity contribution in [2.75, 3.05) is 6.61 Å². The molecule has 3 rings (SSSR count). The fourth-order valence-electron chi connectivity index (χ4n) is 3.77. The van der Waals surface area contributed by atoms with Crippen molar-refractivity contribution >= 4 is 5.91 Å². The number of rotatable bonds is 0. The number of fused-ring (bicyclic) bond motifs is 3. The molecule has 0 aromatic rings. The minimum atomic E-state index is -0.390. The molecule has 0 aromatic carbocycles. The molecule has 3 heteroatoms. The van der Waals surface area contributed by atoms with E-state index < -0.39 is 0 Å². The molecule has 1 aliphatic carbocycles. The van der Waals surface area contributed by atoms with Crippen molar-refractivity contribution in [2.45, 2.75) is 39.0 Å². The second-order valence-electron chi connectivity index (χ2n) is 5.68. The van der Waals surface area contributed by atoms with Crippen LogP contribution in [-0.4, -0.2) is 28.7 Å². The molecule has 78 valence electrons. The number of carbonyl (C=O) groups is 1. The minimum absolute atomic E-state index is 0.0231. The van der Waals surface area contributed by atoms with Gasteiger partial charge in [-0.15, -0.1) is 0 Å². The van der Waals surface area contributed by atoms with E-state index in [1.807, 2.05) is 18.7 Å². The summed E-state index contributed by atoms with van der Waals surface area (Å²) in [6.07, 6.45) is 0. The standard InChI is InChI=1S/C11H17NO2/c1-6-7-8(6)11(4)5-14-10(2,3)12(11)9(7)13/h6-8H,5H2,1-4H3/t6-,7-,8+,11-/m1/s1. The molecule has 2 heterocycles. The Labute approximate surface area is 84.4 Å². The fourth-order valence-corrected chi connectivity index (χ4v) is 3.77. The van der Waals surface area contributed by atoms with E-state index in [1.54, 1.807) is 0 Å². The summed E-state index contributed by atoms with van der Waals surface area (Å²) in [7, 11) is 0. The Balaban J connectivity index is 2.05. The summed E-state index contributed by atoms with van der Waals surface area (Å²) in [4.78, 5) is 14.1. The van der Waals surface area contributed by atoms with Gasteiger partial charge >= 0.3 is 0 Å². The van der Waals surface area contributed by atoms with E-state index in [0.717, 1.165) is 0 Å². The first-order chi connectivity index (χ1) is 6.39. The Morgan fingerprint density at radius 3 is 2.71 bits per heavy atom. The molecule has 3 nitrogen and oxygen atoms in total. The molecular formula is C11H17NO2. The molecule has 2 saturated heterocycles. The van der Waals surface area contributed by atoms with E-state index in [4.69, 9.17) is 4.74 Å². The van der Waals surface area contributed by atoms with Crippen molar-refractivity contribution in [3.63, 3.8) is 0 Å². The Hall–Kier alpha value is -0.570. The molecule has 0 N–H and O–H groups in total. The van der Waals surface area contributed by atoms with Crippen LogP contribution in [0, 0.1) is 17.8 Å². The Morgan fingerprint density at radius 1 is 1.43 bits per heavy atom. The summed E-state index contributed by atoms with van der Waals surface area (Å²) < 4.78 is 5.73. The van der Waals surface area contributed by atoms with Gasteiger partial charge < -0.3 is 9.64 Å². The van der Waals surface area contributed by atoms with Crippen molar-refractivity contribution in [3.05, 3.63) is 0 Å². The van der Waals surface area contributed by atoms with Crippen molar-refractivity contribution in [2.24, 2.45) is 17.8 Å². The number of amides is 1. The molecule has 3 fully saturated rings. The minimum Gasteiger partial charge on any atom is -0.354 e. The number of hydrogen-bond donors (Lipinski definition) is 0. The normalized spacial score (nSPS) is 53.3. The van der Waals surface area contributed by atoms with Gasteiger partial charge in [-0.2, -0.15) is 0 Å². The summed E-state index contributed by atoms with van der Waals surface area (Å²) >= 11 is 0. The number of nitrogens with zero attached hydrogens (tertiary/aromatic N) is 1. The maximum absolute atomic E-state index is 12.1. The fraction of sp³-hybridized carbons (Fsp3) is 0.909. The summed E-state index contributed by atoms with van der Waals surface area (Å²) in [6, 6.07) is 0. The van der Waals surface area contributed by atoms with Crippen molar-refractivity contribution in [1.82, 2.24) is 4.90 Å². The van der Waals surface area contributed by atoms with Gasteiger partial charge in [0.15, 0.2) is 0 Å². The highest BCUT2D eigenvalue weighted by Crippen LogP contribution is 2.64. The van der Waals surface area contributed by atoms with E-state index in [-0.39, 0.29) is 11.3 Å². The predicted molar refractivity (Wildman–Crippen MR) is 51.4 cm³/mol.